The molecule has 5 aromatic rings. The monoisotopic (exact) mass is 520 g/mol. The molecule has 0 bridgehead atoms. The maximum Gasteiger partial charge on any atom is 0.260 e. The molecule has 2 aromatic heterocycles. The minimum atomic E-state index is -0.417. The van der Waals surface area contributed by atoms with Crippen molar-refractivity contribution in [2.24, 2.45) is 0 Å². The summed E-state index contributed by atoms with van der Waals surface area (Å²) in [7, 11) is 0. The number of anilines is 1. The standard InChI is InChI=1S/C27H21FN4O2S.ClH/c28-22-8-4-9-23-24(22)30-27(35-23)32(16-5-15-31-17-14-29-18-31)26(34)21-12-10-20(11-13-21)25(33)19-6-2-1-3-7-19;/h1-4,6-14,17-18H,5,15-16H2;1H. The lowest BCUT2D eigenvalue weighted by molar-refractivity contribution is 0.0984. The van der Waals surface area contributed by atoms with Crippen molar-refractivity contribution in [3.63, 3.8) is 0 Å². The second-order valence-corrected chi connectivity index (χ2v) is 8.98. The Balaban J connectivity index is 0.00000304. The predicted molar refractivity (Wildman–Crippen MR) is 142 cm³/mol. The summed E-state index contributed by atoms with van der Waals surface area (Å²) in [5.41, 5.74) is 1.77. The van der Waals surface area contributed by atoms with Gasteiger partial charge in [0.1, 0.15) is 11.3 Å². The molecule has 36 heavy (non-hydrogen) atoms. The molecule has 3 aromatic carbocycles. The molecular weight excluding hydrogens is 499 g/mol. The maximum absolute atomic E-state index is 14.3. The highest BCUT2D eigenvalue weighted by Crippen LogP contribution is 2.31. The zero-order valence-electron chi connectivity index (χ0n) is 19.1. The first kappa shape index (κ1) is 25.2. The second kappa shape index (κ2) is 11.2. The van der Waals surface area contributed by atoms with Crippen LogP contribution < -0.4 is 4.90 Å². The summed E-state index contributed by atoms with van der Waals surface area (Å²) < 4.78 is 16.9. The smallest absolute Gasteiger partial charge is 0.260 e. The second-order valence-electron chi connectivity index (χ2n) is 7.97. The van der Waals surface area contributed by atoms with Gasteiger partial charge in [-0.3, -0.25) is 14.5 Å². The number of hydrogen-bond donors (Lipinski definition) is 0. The first-order valence-corrected chi connectivity index (χ1v) is 11.9. The molecule has 0 atom stereocenters. The van der Waals surface area contributed by atoms with Crippen LogP contribution in [0.1, 0.15) is 32.7 Å². The van der Waals surface area contributed by atoms with Gasteiger partial charge in [-0.25, -0.2) is 14.4 Å². The number of fused-ring (bicyclic) bond motifs is 1. The van der Waals surface area contributed by atoms with Crippen LogP contribution in [-0.4, -0.2) is 32.8 Å². The molecule has 5 rings (SSSR count). The predicted octanol–water partition coefficient (Wildman–Crippen LogP) is 6.02. The van der Waals surface area contributed by atoms with E-state index in [0.29, 0.717) is 46.0 Å². The van der Waals surface area contributed by atoms with Gasteiger partial charge in [0.15, 0.2) is 10.9 Å². The number of imidazole rings is 1. The van der Waals surface area contributed by atoms with Gasteiger partial charge in [-0.05, 0) is 30.7 Å². The van der Waals surface area contributed by atoms with E-state index in [9.17, 15) is 14.0 Å². The normalized spacial score (nSPS) is 10.7. The minimum Gasteiger partial charge on any atom is -0.337 e. The van der Waals surface area contributed by atoms with Gasteiger partial charge in [0.05, 0.1) is 11.0 Å². The number of benzene rings is 3. The van der Waals surface area contributed by atoms with Crippen molar-refractivity contribution in [3.05, 3.63) is 114 Å². The molecule has 6 nitrogen and oxygen atoms in total. The van der Waals surface area contributed by atoms with E-state index < -0.39 is 5.82 Å². The van der Waals surface area contributed by atoms with Crippen molar-refractivity contribution < 1.29 is 14.0 Å². The fraction of sp³-hybridized carbons (Fsp3) is 0.111. The van der Waals surface area contributed by atoms with Crippen molar-refractivity contribution in [1.82, 2.24) is 14.5 Å². The summed E-state index contributed by atoms with van der Waals surface area (Å²) >= 11 is 1.28. The van der Waals surface area contributed by atoms with Gasteiger partial charge >= 0.3 is 0 Å². The largest absolute Gasteiger partial charge is 0.337 e. The molecule has 1 amide bonds. The van der Waals surface area contributed by atoms with Crippen molar-refractivity contribution in [1.29, 1.82) is 0 Å². The Bertz CT molecular complexity index is 1470. The lowest BCUT2D eigenvalue weighted by atomic mass is 10.0. The number of ketones is 1. The topological polar surface area (TPSA) is 68.1 Å². The number of amides is 1. The van der Waals surface area contributed by atoms with Crippen LogP contribution >= 0.6 is 23.7 Å². The number of nitrogens with zero attached hydrogens (tertiary/aromatic N) is 4. The van der Waals surface area contributed by atoms with E-state index in [4.69, 9.17) is 0 Å². The van der Waals surface area contributed by atoms with Crippen LogP contribution in [0.25, 0.3) is 10.2 Å². The summed E-state index contributed by atoms with van der Waals surface area (Å²) in [6.07, 6.45) is 5.95. The lowest BCUT2D eigenvalue weighted by Crippen LogP contribution is -2.32. The summed E-state index contributed by atoms with van der Waals surface area (Å²) in [6.45, 7) is 1.07. The van der Waals surface area contributed by atoms with E-state index in [1.165, 1.54) is 17.4 Å². The van der Waals surface area contributed by atoms with E-state index in [1.807, 2.05) is 29.0 Å². The average molecular weight is 521 g/mol. The van der Waals surface area contributed by atoms with Crippen molar-refractivity contribution >= 4 is 50.8 Å². The summed E-state index contributed by atoms with van der Waals surface area (Å²) in [6, 6.07) is 20.4. The Labute approximate surface area is 217 Å². The highest BCUT2D eigenvalue weighted by Gasteiger charge is 2.22. The summed E-state index contributed by atoms with van der Waals surface area (Å²) in [4.78, 5) is 36.3. The van der Waals surface area contributed by atoms with Crippen molar-refractivity contribution in [3.8, 4) is 0 Å². The molecule has 0 aliphatic carbocycles. The van der Waals surface area contributed by atoms with E-state index in [-0.39, 0.29) is 29.6 Å². The van der Waals surface area contributed by atoms with E-state index in [0.717, 1.165) is 0 Å². The number of aryl methyl sites for hydroxylation is 1. The Morgan fingerprint density at radius 1 is 0.917 bits per heavy atom. The summed E-state index contributed by atoms with van der Waals surface area (Å²) in [5, 5.41) is 0.435. The third-order valence-corrected chi connectivity index (χ3v) is 6.67. The third kappa shape index (κ3) is 5.35. The molecule has 0 saturated heterocycles. The first-order valence-electron chi connectivity index (χ1n) is 11.1. The number of para-hydroxylation sites is 1. The van der Waals surface area contributed by atoms with E-state index in [2.05, 4.69) is 9.97 Å². The van der Waals surface area contributed by atoms with Gasteiger partial charge in [0.25, 0.3) is 5.91 Å². The molecule has 0 aliphatic rings. The van der Waals surface area contributed by atoms with Crippen LogP contribution in [0.15, 0.2) is 91.5 Å². The first-order chi connectivity index (χ1) is 17.1. The highest BCUT2D eigenvalue weighted by atomic mass is 35.5. The zero-order chi connectivity index (χ0) is 24.2. The number of halogens is 2. The minimum absolute atomic E-state index is 0. The molecule has 182 valence electrons. The van der Waals surface area contributed by atoms with E-state index in [1.54, 1.807) is 66.0 Å². The van der Waals surface area contributed by atoms with E-state index >= 15 is 0 Å². The van der Waals surface area contributed by atoms with Gasteiger partial charge in [0, 0.05) is 42.2 Å². The Hall–Kier alpha value is -3.88. The molecule has 0 N–H and O–H groups in total. The van der Waals surface area contributed by atoms with Gasteiger partial charge < -0.3 is 4.57 Å². The lowest BCUT2D eigenvalue weighted by Gasteiger charge is -2.20. The molecule has 0 radical (unpaired) electrons. The third-order valence-electron chi connectivity index (χ3n) is 5.62. The average Bonchev–Trinajstić information content (AvgIpc) is 3.57. The number of carbonyl (C=O) groups excluding carboxylic acids is 2. The Morgan fingerprint density at radius 2 is 1.64 bits per heavy atom. The van der Waals surface area contributed by atoms with Crippen LogP contribution in [0.4, 0.5) is 9.52 Å². The van der Waals surface area contributed by atoms with Crippen LogP contribution in [0.5, 0.6) is 0 Å². The fourth-order valence-electron chi connectivity index (χ4n) is 3.81. The van der Waals surface area contributed by atoms with Gasteiger partial charge in [-0.1, -0.05) is 59.9 Å². The number of carbonyl (C=O) groups is 2. The Kier molecular flexibility index (Phi) is 7.87. The maximum atomic E-state index is 14.3. The zero-order valence-corrected chi connectivity index (χ0v) is 20.7. The number of thiazole rings is 1. The number of hydrogen-bond acceptors (Lipinski definition) is 5. The molecule has 2 heterocycles. The fourth-order valence-corrected chi connectivity index (χ4v) is 4.81. The molecule has 0 aliphatic heterocycles. The molecule has 0 fully saturated rings. The van der Waals surface area contributed by atoms with Crippen LogP contribution in [0.3, 0.4) is 0 Å². The van der Waals surface area contributed by atoms with Crippen molar-refractivity contribution in [2.45, 2.75) is 13.0 Å². The molecule has 0 spiro atoms. The quantitative estimate of drug-likeness (QED) is 0.235. The SMILES string of the molecule is Cl.O=C(c1ccccc1)c1ccc(C(=O)N(CCCn2ccnc2)c2nc3c(F)cccc3s2)cc1. The Morgan fingerprint density at radius 3 is 2.33 bits per heavy atom. The summed E-state index contributed by atoms with van der Waals surface area (Å²) in [5.74, 6) is -0.781. The number of aromatic nitrogens is 3. The van der Waals surface area contributed by atoms with Crippen molar-refractivity contribution in [2.75, 3.05) is 11.4 Å². The van der Waals surface area contributed by atoms with Gasteiger partial charge in [-0.15, -0.1) is 12.4 Å². The number of rotatable bonds is 8. The highest BCUT2D eigenvalue weighted by molar-refractivity contribution is 7.22. The van der Waals surface area contributed by atoms with Gasteiger partial charge in [-0.2, -0.15) is 0 Å². The van der Waals surface area contributed by atoms with Crippen LogP contribution in [-0.2, 0) is 6.54 Å². The van der Waals surface area contributed by atoms with Gasteiger partial charge in [0.2, 0.25) is 0 Å². The van der Waals surface area contributed by atoms with Crippen LogP contribution in [0.2, 0.25) is 0 Å². The molecule has 9 heteroatoms. The molecular formula is C27H22ClFN4O2S. The van der Waals surface area contributed by atoms with Crippen LogP contribution in [0, 0.1) is 5.82 Å². The molecule has 0 unspecified atom stereocenters. The molecule has 0 saturated carbocycles.